The minimum atomic E-state index is -3.43. The van der Waals surface area contributed by atoms with E-state index >= 15 is 0 Å². The van der Waals surface area contributed by atoms with Crippen molar-refractivity contribution in [2.24, 2.45) is 0 Å². The zero-order chi connectivity index (χ0) is 22.0. The third-order valence-electron chi connectivity index (χ3n) is 4.22. The van der Waals surface area contributed by atoms with E-state index < -0.39 is 26.7 Å². The van der Waals surface area contributed by atoms with Crippen molar-refractivity contribution in [3.63, 3.8) is 0 Å². The number of nitrogens with one attached hydrogen (secondary N) is 1. The van der Waals surface area contributed by atoms with E-state index in [9.17, 15) is 14.4 Å². The Morgan fingerprint density at radius 1 is 1.07 bits per heavy atom. The smallest absolute Gasteiger partial charge is 0.374 e. The van der Waals surface area contributed by atoms with E-state index in [2.05, 4.69) is 5.23 Å². The van der Waals surface area contributed by atoms with Gasteiger partial charge >= 0.3 is 20.6 Å². The second kappa shape index (κ2) is 12.0. The molecule has 0 spiro atoms. The maximum atomic E-state index is 13.0. The van der Waals surface area contributed by atoms with Gasteiger partial charge in [-0.15, -0.1) is 0 Å². The van der Waals surface area contributed by atoms with Crippen LogP contribution in [0.25, 0.3) is 0 Å². The molecule has 2 N–H and O–H groups in total. The van der Waals surface area contributed by atoms with E-state index in [-0.39, 0.29) is 26.2 Å². The van der Waals surface area contributed by atoms with Gasteiger partial charge in [0.25, 0.3) is 0 Å². The highest BCUT2D eigenvalue weighted by molar-refractivity contribution is 7.62. The second-order valence-electron chi connectivity index (χ2n) is 6.70. The molecule has 0 fully saturated rings. The van der Waals surface area contributed by atoms with Crippen LogP contribution in [0.3, 0.4) is 0 Å². The Labute approximate surface area is 178 Å². The third-order valence-corrected chi connectivity index (χ3v) is 6.32. The number of carbonyl (C=O) groups excluding carboxylic acids is 1. The van der Waals surface area contributed by atoms with Crippen molar-refractivity contribution in [3.05, 3.63) is 65.7 Å². The Kier molecular flexibility index (Phi) is 9.75. The molecule has 30 heavy (non-hydrogen) atoms. The molecule has 0 aliphatic rings. The minimum absolute atomic E-state index is 0.140. The molecule has 0 saturated carbocycles. The fourth-order valence-corrected chi connectivity index (χ4v) is 4.59. The van der Waals surface area contributed by atoms with Crippen molar-refractivity contribution in [2.45, 2.75) is 39.7 Å². The average molecular weight is 433 g/mol. The Bertz CT molecular complexity index is 838. The van der Waals surface area contributed by atoms with Crippen LogP contribution >= 0.6 is 7.60 Å². The van der Waals surface area contributed by atoms with Gasteiger partial charge in [-0.1, -0.05) is 42.5 Å². The summed E-state index contributed by atoms with van der Waals surface area (Å²) in [6.45, 7) is 5.68. The summed E-state index contributed by atoms with van der Waals surface area (Å²) < 4.78 is 29.3. The first-order valence-corrected chi connectivity index (χ1v) is 11.6. The number of hydrogen-bond donors (Lipinski definition) is 2. The van der Waals surface area contributed by atoms with Crippen molar-refractivity contribution >= 4 is 25.9 Å². The molecule has 2 aromatic rings. The first-order valence-electron chi connectivity index (χ1n) is 10.0. The van der Waals surface area contributed by atoms with Crippen LogP contribution < -0.4 is 10.5 Å². The molecule has 0 aliphatic carbocycles. The number of benzene rings is 2. The number of hydrogen-bond acceptors (Lipinski definition) is 7. The van der Waals surface area contributed by atoms with E-state index in [4.69, 9.17) is 13.8 Å². The zero-order valence-corrected chi connectivity index (χ0v) is 18.5. The van der Waals surface area contributed by atoms with Crippen LogP contribution in [0.2, 0.25) is 6.82 Å². The lowest BCUT2D eigenvalue weighted by molar-refractivity contribution is -0.147. The van der Waals surface area contributed by atoms with Gasteiger partial charge in [0.2, 0.25) is 0 Å². The summed E-state index contributed by atoms with van der Waals surface area (Å²) in [4.78, 5) is 12.6. The van der Waals surface area contributed by atoms with Crippen LogP contribution in [0.4, 0.5) is 0 Å². The lowest BCUT2D eigenvalue weighted by Crippen LogP contribution is -2.47. The molecule has 0 bridgehead atoms. The fourth-order valence-electron chi connectivity index (χ4n) is 2.95. The number of ether oxygens (including phenoxy) is 1. The van der Waals surface area contributed by atoms with Gasteiger partial charge in [0.1, 0.15) is 12.6 Å². The summed E-state index contributed by atoms with van der Waals surface area (Å²) in [5.41, 5.74) is 1.61. The molecule has 0 saturated heterocycles. The fraction of sp³-hybridized carbons (Fsp3) is 0.381. The summed E-state index contributed by atoms with van der Waals surface area (Å²) in [6.07, 6.45) is 0.241. The monoisotopic (exact) mass is 433 g/mol. The lowest BCUT2D eigenvalue weighted by atomic mass is 9.86. The van der Waals surface area contributed by atoms with Crippen molar-refractivity contribution in [2.75, 3.05) is 13.2 Å². The van der Waals surface area contributed by atoms with Gasteiger partial charge in [0, 0.05) is 0 Å². The van der Waals surface area contributed by atoms with E-state index in [0.29, 0.717) is 5.30 Å². The summed E-state index contributed by atoms with van der Waals surface area (Å²) in [6, 6.07) is 15.5. The molecule has 2 rings (SSSR count). The molecular weight excluding hydrogens is 404 g/mol. The quantitative estimate of drug-likeness (QED) is 0.302. The third kappa shape index (κ3) is 7.38. The van der Waals surface area contributed by atoms with Gasteiger partial charge in [0.15, 0.2) is 0 Å². The van der Waals surface area contributed by atoms with Crippen molar-refractivity contribution < 1.29 is 28.2 Å². The van der Waals surface area contributed by atoms with Gasteiger partial charge < -0.3 is 24.0 Å². The topological polar surface area (TPSA) is 94.1 Å². The molecule has 9 heteroatoms. The summed E-state index contributed by atoms with van der Waals surface area (Å²) >= 11 is 0. The van der Waals surface area contributed by atoms with Crippen LogP contribution in [0, 0.1) is 0 Å². The lowest BCUT2D eigenvalue weighted by Gasteiger charge is -2.20. The average Bonchev–Trinajstić information content (AvgIpc) is 2.72. The standard InChI is InChI=1S/C21H29BNO6P/c1-4-28-30(26,29-5-2)19-13-9-12-18(14-19)15-20(23-22(3)25)21(24)27-16-17-10-7-6-8-11-17/h6-14,20,23,25H,4-5,15-16H2,1-3H3. The Hall–Kier alpha value is -1.96. The number of carbonyl (C=O) groups is 1. The highest BCUT2D eigenvalue weighted by Gasteiger charge is 2.28. The molecule has 0 amide bonds. The molecule has 0 aromatic heterocycles. The Morgan fingerprint density at radius 2 is 1.70 bits per heavy atom. The minimum Gasteiger partial charge on any atom is -0.460 e. The predicted octanol–water partition coefficient (Wildman–Crippen LogP) is 2.93. The molecule has 162 valence electrons. The highest BCUT2D eigenvalue weighted by atomic mass is 31.2. The van der Waals surface area contributed by atoms with Gasteiger partial charge in [-0.2, -0.15) is 0 Å². The zero-order valence-electron chi connectivity index (χ0n) is 17.6. The Balaban J connectivity index is 2.15. The molecule has 1 unspecified atom stereocenters. The number of esters is 1. The first-order chi connectivity index (χ1) is 14.4. The second-order valence-corrected chi connectivity index (χ2v) is 8.72. The van der Waals surface area contributed by atoms with Crippen molar-refractivity contribution in [1.29, 1.82) is 0 Å². The maximum Gasteiger partial charge on any atom is 0.374 e. The molecule has 7 nitrogen and oxygen atoms in total. The Morgan fingerprint density at radius 3 is 2.30 bits per heavy atom. The molecule has 2 aromatic carbocycles. The van der Waals surface area contributed by atoms with Crippen LogP contribution in [-0.2, 0) is 36.2 Å². The van der Waals surface area contributed by atoms with Crippen molar-refractivity contribution in [1.82, 2.24) is 5.23 Å². The van der Waals surface area contributed by atoms with Crippen LogP contribution in [0.1, 0.15) is 25.0 Å². The van der Waals surface area contributed by atoms with E-state index in [1.54, 1.807) is 32.0 Å². The van der Waals surface area contributed by atoms with Crippen LogP contribution in [0.15, 0.2) is 54.6 Å². The first kappa shape index (κ1) is 24.3. The summed E-state index contributed by atoms with van der Waals surface area (Å²) in [5.74, 6) is -0.483. The van der Waals surface area contributed by atoms with Crippen molar-refractivity contribution in [3.8, 4) is 0 Å². The maximum absolute atomic E-state index is 13.0. The largest absolute Gasteiger partial charge is 0.460 e. The normalized spacial score (nSPS) is 12.4. The van der Waals surface area contributed by atoms with Crippen LogP contribution in [0.5, 0.6) is 0 Å². The summed E-state index contributed by atoms with van der Waals surface area (Å²) in [7, 11) is -4.33. The van der Waals surface area contributed by atoms with Gasteiger partial charge in [-0.05, 0) is 50.4 Å². The van der Waals surface area contributed by atoms with Gasteiger partial charge in [-0.3, -0.25) is 9.36 Å². The van der Waals surface area contributed by atoms with E-state index in [1.165, 1.54) is 6.82 Å². The molecule has 1 atom stereocenters. The summed E-state index contributed by atoms with van der Waals surface area (Å²) in [5, 5.41) is 13.0. The van der Waals surface area contributed by atoms with Crippen LogP contribution in [-0.4, -0.2) is 37.3 Å². The highest BCUT2D eigenvalue weighted by Crippen LogP contribution is 2.46. The molecule has 0 aliphatic heterocycles. The van der Waals surface area contributed by atoms with Gasteiger partial charge in [-0.25, -0.2) is 0 Å². The van der Waals surface area contributed by atoms with Gasteiger partial charge in [0.05, 0.1) is 18.5 Å². The van der Waals surface area contributed by atoms with E-state index in [0.717, 1.165) is 11.1 Å². The predicted molar refractivity (Wildman–Crippen MR) is 118 cm³/mol. The molecule has 0 radical (unpaired) electrons. The SMILES string of the molecule is CCOP(=O)(OCC)c1cccc(CC(NB(C)O)C(=O)OCc2ccccc2)c1. The molecule has 0 heterocycles. The van der Waals surface area contributed by atoms with E-state index in [1.807, 2.05) is 36.4 Å². The molecular formula is C21H29BNO6P. The number of rotatable bonds is 12.